The molecule has 0 atom stereocenters. The molecule has 1 aromatic heterocycles. The smallest absolute Gasteiger partial charge is 0.194 e. The van der Waals surface area contributed by atoms with Crippen molar-refractivity contribution >= 4 is 17.3 Å². The zero-order valence-electron chi connectivity index (χ0n) is 17.0. The maximum Gasteiger partial charge on any atom is 0.194 e. The lowest BCUT2D eigenvalue weighted by Gasteiger charge is -2.21. The summed E-state index contributed by atoms with van der Waals surface area (Å²) in [6.45, 7) is 6.56. The van der Waals surface area contributed by atoms with Crippen molar-refractivity contribution in [2.75, 3.05) is 20.2 Å². The van der Waals surface area contributed by atoms with Crippen molar-refractivity contribution < 1.29 is 9.84 Å². The molecule has 28 heavy (non-hydrogen) atoms. The molecule has 7 heteroatoms. The Morgan fingerprint density at radius 3 is 2.89 bits per heavy atom. The summed E-state index contributed by atoms with van der Waals surface area (Å²) in [5, 5.41) is 14.4. The molecule has 0 spiro atoms. The van der Waals surface area contributed by atoms with E-state index in [0.717, 1.165) is 36.0 Å². The van der Waals surface area contributed by atoms with Gasteiger partial charge in [0.15, 0.2) is 17.5 Å². The number of phenolic OH excluding ortho intramolecular Hbond substituents is 1. The molecule has 3 rings (SSSR count). The van der Waals surface area contributed by atoms with Gasteiger partial charge in [0.05, 0.1) is 25.4 Å². The van der Waals surface area contributed by atoms with Crippen molar-refractivity contribution in [1.29, 1.82) is 0 Å². The fourth-order valence-corrected chi connectivity index (χ4v) is 4.53. The lowest BCUT2D eigenvalue weighted by Crippen LogP contribution is -2.38. The van der Waals surface area contributed by atoms with E-state index in [1.165, 1.54) is 29.8 Å². The van der Waals surface area contributed by atoms with Crippen LogP contribution < -0.4 is 10.1 Å². The Kier molecular flexibility index (Phi) is 7.14. The van der Waals surface area contributed by atoms with Crippen LogP contribution in [0.4, 0.5) is 0 Å². The quantitative estimate of drug-likeness (QED) is 0.546. The largest absolute Gasteiger partial charge is 0.504 e. The Morgan fingerprint density at radius 1 is 1.32 bits per heavy atom. The molecule has 1 aromatic carbocycles. The Labute approximate surface area is 171 Å². The molecule has 0 bridgehead atoms. The second kappa shape index (κ2) is 9.78. The number of nitrogens with one attached hydrogen (secondary N) is 1. The van der Waals surface area contributed by atoms with E-state index in [1.54, 1.807) is 6.07 Å². The molecule has 0 unspecified atom stereocenters. The average Bonchev–Trinajstić information content (AvgIpc) is 3.09. The van der Waals surface area contributed by atoms with Crippen molar-refractivity contribution in [3.8, 4) is 11.5 Å². The molecule has 0 saturated heterocycles. The van der Waals surface area contributed by atoms with E-state index in [2.05, 4.69) is 17.1 Å². The van der Waals surface area contributed by atoms with Crippen LogP contribution in [-0.2, 0) is 25.9 Å². The van der Waals surface area contributed by atoms with Gasteiger partial charge in [0.1, 0.15) is 5.01 Å². The van der Waals surface area contributed by atoms with Gasteiger partial charge in [-0.1, -0.05) is 6.07 Å². The first-order chi connectivity index (χ1) is 13.6. The fraction of sp³-hybridized carbons (Fsp3) is 0.524. The van der Waals surface area contributed by atoms with Gasteiger partial charge >= 0.3 is 0 Å². The molecular weight excluding hydrogens is 372 g/mol. The highest BCUT2D eigenvalue weighted by atomic mass is 32.1. The van der Waals surface area contributed by atoms with E-state index in [4.69, 9.17) is 14.7 Å². The summed E-state index contributed by atoms with van der Waals surface area (Å²) in [5.74, 6) is 1.51. The molecule has 0 saturated carbocycles. The zero-order valence-corrected chi connectivity index (χ0v) is 17.8. The fourth-order valence-electron chi connectivity index (χ4n) is 3.31. The summed E-state index contributed by atoms with van der Waals surface area (Å²) >= 11 is 1.84. The molecular formula is C21H30N4O2S. The van der Waals surface area contributed by atoms with Gasteiger partial charge in [0.25, 0.3) is 0 Å². The van der Waals surface area contributed by atoms with Crippen LogP contribution in [0.25, 0.3) is 0 Å². The van der Waals surface area contributed by atoms with Crippen LogP contribution in [-0.4, -0.2) is 41.1 Å². The minimum atomic E-state index is 0.159. The number of nitrogens with zero attached hydrogens (tertiary/aromatic N) is 3. The topological polar surface area (TPSA) is 70.0 Å². The molecule has 1 aliphatic carbocycles. The molecule has 0 amide bonds. The number of rotatable bonds is 7. The van der Waals surface area contributed by atoms with Gasteiger partial charge in [-0.05, 0) is 57.2 Å². The Balaban J connectivity index is 1.69. The Morgan fingerprint density at radius 2 is 2.14 bits per heavy atom. The highest BCUT2D eigenvalue weighted by Crippen LogP contribution is 2.28. The van der Waals surface area contributed by atoms with Crippen molar-refractivity contribution in [3.05, 3.63) is 39.3 Å². The number of phenols is 1. The first-order valence-electron chi connectivity index (χ1n) is 10.0. The molecule has 0 fully saturated rings. The number of aryl methyl sites for hydroxylation is 2. The number of hydrogen-bond acceptors (Lipinski definition) is 5. The van der Waals surface area contributed by atoms with E-state index in [9.17, 15) is 5.11 Å². The molecule has 2 aromatic rings. The number of guanidine groups is 1. The third kappa shape index (κ3) is 5.16. The number of fused-ring (bicyclic) bond motifs is 1. The summed E-state index contributed by atoms with van der Waals surface area (Å²) in [6.07, 6.45) is 4.83. The Hall–Kier alpha value is -2.28. The minimum absolute atomic E-state index is 0.159. The van der Waals surface area contributed by atoms with Crippen LogP contribution in [0, 0.1) is 0 Å². The highest BCUT2D eigenvalue weighted by Gasteiger charge is 2.17. The second-order valence-corrected chi connectivity index (χ2v) is 8.11. The van der Waals surface area contributed by atoms with Crippen LogP contribution in [0.5, 0.6) is 11.5 Å². The average molecular weight is 403 g/mol. The van der Waals surface area contributed by atoms with Gasteiger partial charge in [0.2, 0.25) is 0 Å². The molecule has 2 N–H and O–H groups in total. The number of thiazole rings is 1. The van der Waals surface area contributed by atoms with Gasteiger partial charge < -0.3 is 20.1 Å². The van der Waals surface area contributed by atoms with Gasteiger partial charge in [-0.3, -0.25) is 0 Å². The number of aromatic nitrogens is 1. The van der Waals surface area contributed by atoms with Crippen LogP contribution in [0.2, 0.25) is 0 Å². The summed E-state index contributed by atoms with van der Waals surface area (Å²) in [5.41, 5.74) is 2.30. The predicted molar refractivity (Wildman–Crippen MR) is 114 cm³/mol. The lowest BCUT2D eigenvalue weighted by atomic mass is 10.0. The van der Waals surface area contributed by atoms with Crippen molar-refractivity contribution in [2.45, 2.75) is 52.6 Å². The van der Waals surface area contributed by atoms with E-state index < -0.39 is 0 Å². The van der Waals surface area contributed by atoms with Crippen LogP contribution >= 0.6 is 11.3 Å². The van der Waals surface area contributed by atoms with Gasteiger partial charge in [-0.15, -0.1) is 11.3 Å². The number of ether oxygens (including phenoxy) is 1. The summed E-state index contributed by atoms with van der Waals surface area (Å²) < 4.78 is 5.47. The number of aromatic hydroxyl groups is 1. The first-order valence-corrected chi connectivity index (χ1v) is 10.8. The van der Waals surface area contributed by atoms with E-state index in [1.807, 2.05) is 37.4 Å². The second-order valence-electron chi connectivity index (χ2n) is 6.95. The molecule has 152 valence electrons. The number of hydrogen-bond donors (Lipinski definition) is 2. The van der Waals surface area contributed by atoms with E-state index >= 15 is 0 Å². The zero-order chi connectivity index (χ0) is 19.9. The third-order valence-corrected chi connectivity index (χ3v) is 5.84. The summed E-state index contributed by atoms with van der Waals surface area (Å²) in [4.78, 5) is 13.2. The van der Waals surface area contributed by atoms with E-state index in [-0.39, 0.29) is 5.75 Å². The van der Waals surface area contributed by atoms with Crippen LogP contribution in [0.15, 0.2) is 23.2 Å². The van der Waals surface area contributed by atoms with Crippen molar-refractivity contribution in [2.24, 2.45) is 4.99 Å². The molecule has 0 aliphatic heterocycles. The van der Waals surface area contributed by atoms with E-state index in [0.29, 0.717) is 18.9 Å². The van der Waals surface area contributed by atoms with Crippen molar-refractivity contribution in [1.82, 2.24) is 15.2 Å². The number of benzene rings is 1. The molecule has 1 aliphatic rings. The number of aliphatic imine (C=N–C) groups is 1. The summed E-state index contributed by atoms with van der Waals surface area (Å²) in [7, 11) is 2.05. The van der Waals surface area contributed by atoms with Gasteiger partial charge in [-0.25, -0.2) is 9.98 Å². The highest BCUT2D eigenvalue weighted by molar-refractivity contribution is 7.11. The minimum Gasteiger partial charge on any atom is -0.504 e. The molecule has 6 nitrogen and oxygen atoms in total. The monoisotopic (exact) mass is 402 g/mol. The van der Waals surface area contributed by atoms with Crippen LogP contribution in [0.3, 0.4) is 0 Å². The SMILES string of the molecule is CCNC(=NCc1ccc(O)c(OCC)c1)N(C)Cc1nc2c(s1)CCCC2. The molecule has 1 heterocycles. The third-order valence-electron chi connectivity index (χ3n) is 4.69. The summed E-state index contributed by atoms with van der Waals surface area (Å²) in [6, 6.07) is 5.38. The van der Waals surface area contributed by atoms with Gasteiger partial charge in [-0.2, -0.15) is 0 Å². The standard InChI is InChI=1S/C21H30N4O2S/c1-4-22-21(23-13-15-10-11-17(26)18(12-15)27-5-2)25(3)14-20-24-16-8-6-7-9-19(16)28-20/h10-12,26H,4-9,13-14H2,1-3H3,(H,22,23). The maximum atomic E-state index is 9.86. The van der Waals surface area contributed by atoms with Gasteiger partial charge in [0, 0.05) is 18.5 Å². The van der Waals surface area contributed by atoms with Crippen molar-refractivity contribution in [3.63, 3.8) is 0 Å². The maximum absolute atomic E-state index is 9.86. The first kappa shape index (κ1) is 20.5. The lowest BCUT2D eigenvalue weighted by molar-refractivity contribution is 0.318. The van der Waals surface area contributed by atoms with Crippen LogP contribution in [0.1, 0.15) is 47.8 Å². The Bertz CT molecular complexity index is 795. The molecule has 0 radical (unpaired) electrons. The normalized spacial score (nSPS) is 13.9. The predicted octanol–water partition coefficient (Wildman–Crippen LogP) is 3.72.